The molecule has 0 saturated heterocycles. The number of hydrogen-bond donors (Lipinski definition) is 2. The summed E-state index contributed by atoms with van der Waals surface area (Å²) in [4.78, 5) is 15.0. The summed E-state index contributed by atoms with van der Waals surface area (Å²) in [5.74, 6) is -0.842. The van der Waals surface area contributed by atoms with Crippen LogP contribution in [-0.2, 0) is 11.2 Å². The molecule has 0 aliphatic heterocycles. The summed E-state index contributed by atoms with van der Waals surface area (Å²) in [7, 11) is 1.52. The zero-order chi connectivity index (χ0) is 12.0. The van der Waals surface area contributed by atoms with Gasteiger partial charge in [0.2, 0.25) is 5.88 Å². The molecule has 1 rings (SSSR count). The number of carbonyl (C=O) groups is 1. The first-order valence-corrected chi connectivity index (χ1v) is 5.09. The van der Waals surface area contributed by atoms with Crippen LogP contribution in [0.5, 0.6) is 5.88 Å². The summed E-state index contributed by atoms with van der Waals surface area (Å²) in [5.41, 5.74) is 6.18. The highest BCUT2D eigenvalue weighted by molar-refractivity contribution is 5.70. The minimum Gasteiger partial charge on any atom is -0.481 e. The number of carboxylic acid groups (broad SMARTS) is 1. The van der Waals surface area contributed by atoms with Crippen molar-refractivity contribution in [2.75, 3.05) is 13.7 Å². The quantitative estimate of drug-likeness (QED) is 0.742. The minimum atomic E-state index is -0.837. The van der Waals surface area contributed by atoms with Gasteiger partial charge in [-0.3, -0.25) is 4.79 Å². The number of rotatable bonds is 6. The number of ether oxygens (including phenoxy) is 1. The fourth-order valence-electron chi connectivity index (χ4n) is 1.54. The van der Waals surface area contributed by atoms with E-state index in [2.05, 4.69) is 4.98 Å². The van der Waals surface area contributed by atoms with E-state index in [1.807, 2.05) is 6.07 Å². The molecule has 0 saturated carbocycles. The summed E-state index contributed by atoms with van der Waals surface area (Å²) in [6, 6.07) is 3.58. The van der Waals surface area contributed by atoms with Crippen molar-refractivity contribution in [3.63, 3.8) is 0 Å². The van der Waals surface area contributed by atoms with Crippen LogP contribution < -0.4 is 10.5 Å². The average molecular weight is 224 g/mol. The van der Waals surface area contributed by atoms with Gasteiger partial charge in [0.15, 0.2) is 0 Å². The van der Waals surface area contributed by atoms with E-state index in [0.29, 0.717) is 25.3 Å². The lowest BCUT2D eigenvalue weighted by Gasteiger charge is -2.12. The van der Waals surface area contributed by atoms with Gasteiger partial charge in [-0.05, 0) is 25.5 Å². The van der Waals surface area contributed by atoms with Crippen molar-refractivity contribution in [2.45, 2.75) is 12.8 Å². The summed E-state index contributed by atoms with van der Waals surface area (Å²) in [6.07, 6.45) is 2.46. The van der Waals surface area contributed by atoms with Gasteiger partial charge in [0, 0.05) is 11.8 Å². The molecule has 0 amide bonds. The molecular weight excluding hydrogens is 208 g/mol. The molecule has 16 heavy (non-hydrogen) atoms. The van der Waals surface area contributed by atoms with Gasteiger partial charge in [-0.1, -0.05) is 6.07 Å². The lowest BCUT2D eigenvalue weighted by molar-refractivity contribution is -0.141. The van der Waals surface area contributed by atoms with Gasteiger partial charge in [0.05, 0.1) is 13.0 Å². The Morgan fingerprint density at radius 3 is 3.00 bits per heavy atom. The van der Waals surface area contributed by atoms with Crippen LogP contribution >= 0.6 is 0 Å². The minimum absolute atomic E-state index is 0.361. The summed E-state index contributed by atoms with van der Waals surface area (Å²) in [5, 5.41) is 9.01. The third-order valence-electron chi connectivity index (χ3n) is 2.37. The van der Waals surface area contributed by atoms with E-state index in [-0.39, 0.29) is 0 Å². The van der Waals surface area contributed by atoms with Crippen molar-refractivity contribution in [1.29, 1.82) is 0 Å². The van der Waals surface area contributed by atoms with E-state index < -0.39 is 11.9 Å². The highest BCUT2D eigenvalue weighted by Gasteiger charge is 2.19. The van der Waals surface area contributed by atoms with Crippen molar-refractivity contribution < 1.29 is 14.6 Å². The first kappa shape index (κ1) is 12.4. The zero-order valence-electron chi connectivity index (χ0n) is 9.22. The Labute approximate surface area is 94.2 Å². The standard InChI is InChI=1S/C11H16N2O3/c1-16-10-8(3-2-6-13-10)7-9(4-5-12)11(14)15/h2-3,6,9H,4-5,7,12H2,1H3,(H,14,15). The van der Waals surface area contributed by atoms with Gasteiger partial charge < -0.3 is 15.6 Å². The number of nitrogens with two attached hydrogens (primary N) is 1. The third-order valence-corrected chi connectivity index (χ3v) is 2.37. The Morgan fingerprint density at radius 2 is 2.44 bits per heavy atom. The molecule has 1 aromatic heterocycles. The van der Waals surface area contributed by atoms with E-state index in [9.17, 15) is 4.79 Å². The number of nitrogens with zero attached hydrogens (tertiary/aromatic N) is 1. The van der Waals surface area contributed by atoms with Crippen LogP contribution in [0, 0.1) is 5.92 Å². The van der Waals surface area contributed by atoms with Gasteiger partial charge >= 0.3 is 5.97 Å². The fraction of sp³-hybridized carbons (Fsp3) is 0.455. The van der Waals surface area contributed by atoms with E-state index in [4.69, 9.17) is 15.6 Å². The number of methoxy groups -OCH3 is 1. The molecule has 88 valence electrons. The molecule has 1 atom stereocenters. The third kappa shape index (κ3) is 3.20. The monoisotopic (exact) mass is 224 g/mol. The Morgan fingerprint density at radius 1 is 1.69 bits per heavy atom. The van der Waals surface area contributed by atoms with Crippen LogP contribution in [0.25, 0.3) is 0 Å². The Kier molecular flexibility index (Phi) is 4.72. The van der Waals surface area contributed by atoms with Crippen LogP contribution in [0.4, 0.5) is 0 Å². The van der Waals surface area contributed by atoms with Crippen molar-refractivity contribution in [1.82, 2.24) is 4.98 Å². The molecule has 5 heteroatoms. The number of carboxylic acids is 1. The van der Waals surface area contributed by atoms with Crippen LogP contribution in [0.1, 0.15) is 12.0 Å². The molecule has 0 bridgehead atoms. The molecule has 0 radical (unpaired) electrons. The first-order chi connectivity index (χ1) is 7.69. The van der Waals surface area contributed by atoms with Crippen LogP contribution in [0.3, 0.4) is 0 Å². The van der Waals surface area contributed by atoms with Gasteiger partial charge in [-0.15, -0.1) is 0 Å². The molecule has 5 nitrogen and oxygen atoms in total. The molecule has 1 heterocycles. The van der Waals surface area contributed by atoms with Gasteiger partial charge in [-0.2, -0.15) is 0 Å². The smallest absolute Gasteiger partial charge is 0.306 e. The highest BCUT2D eigenvalue weighted by atomic mass is 16.5. The molecule has 0 spiro atoms. The fourth-order valence-corrected chi connectivity index (χ4v) is 1.54. The van der Waals surface area contributed by atoms with Gasteiger partial charge in [0.25, 0.3) is 0 Å². The molecule has 1 aromatic rings. The van der Waals surface area contributed by atoms with Crippen LogP contribution in [0.2, 0.25) is 0 Å². The van der Waals surface area contributed by atoms with E-state index >= 15 is 0 Å². The number of pyridine rings is 1. The summed E-state index contributed by atoms with van der Waals surface area (Å²) in [6.45, 7) is 0.361. The molecule has 1 unspecified atom stereocenters. The molecule has 0 fully saturated rings. The predicted octanol–water partition coefficient (Wildman–Crippen LogP) is 0.682. The highest BCUT2D eigenvalue weighted by Crippen LogP contribution is 2.19. The second kappa shape index (κ2) is 6.07. The van der Waals surface area contributed by atoms with Crippen molar-refractivity contribution in [3.8, 4) is 5.88 Å². The van der Waals surface area contributed by atoms with E-state index in [1.54, 1.807) is 12.3 Å². The normalized spacial score (nSPS) is 12.1. The van der Waals surface area contributed by atoms with E-state index in [1.165, 1.54) is 7.11 Å². The SMILES string of the molecule is COc1ncccc1CC(CCN)C(=O)O. The molecule has 0 aromatic carbocycles. The predicted molar refractivity (Wildman–Crippen MR) is 59.3 cm³/mol. The number of aromatic nitrogens is 1. The average Bonchev–Trinajstić information content (AvgIpc) is 2.29. The second-order valence-electron chi connectivity index (χ2n) is 3.49. The summed E-state index contributed by atoms with van der Waals surface area (Å²) >= 11 is 0. The number of aliphatic carboxylic acids is 1. The molecule has 0 aliphatic carbocycles. The summed E-state index contributed by atoms with van der Waals surface area (Å²) < 4.78 is 5.07. The van der Waals surface area contributed by atoms with Crippen LogP contribution in [-0.4, -0.2) is 29.7 Å². The number of hydrogen-bond acceptors (Lipinski definition) is 4. The maximum Gasteiger partial charge on any atom is 0.306 e. The molecule has 0 aliphatic rings. The Hall–Kier alpha value is -1.62. The Balaban J connectivity index is 2.80. The largest absolute Gasteiger partial charge is 0.481 e. The molecular formula is C11H16N2O3. The molecule has 3 N–H and O–H groups in total. The first-order valence-electron chi connectivity index (χ1n) is 5.09. The Bertz CT molecular complexity index is 355. The van der Waals surface area contributed by atoms with Crippen LogP contribution in [0.15, 0.2) is 18.3 Å². The lowest BCUT2D eigenvalue weighted by Crippen LogP contribution is -2.20. The van der Waals surface area contributed by atoms with Crippen molar-refractivity contribution >= 4 is 5.97 Å². The zero-order valence-corrected chi connectivity index (χ0v) is 9.22. The van der Waals surface area contributed by atoms with E-state index in [0.717, 1.165) is 5.56 Å². The van der Waals surface area contributed by atoms with Crippen molar-refractivity contribution in [3.05, 3.63) is 23.9 Å². The lowest BCUT2D eigenvalue weighted by atomic mass is 9.97. The second-order valence-corrected chi connectivity index (χ2v) is 3.49. The topological polar surface area (TPSA) is 85.4 Å². The maximum absolute atomic E-state index is 11.0. The maximum atomic E-state index is 11.0. The van der Waals surface area contributed by atoms with Gasteiger partial charge in [-0.25, -0.2) is 4.98 Å². The van der Waals surface area contributed by atoms with Crippen molar-refractivity contribution in [2.24, 2.45) is 11.7 Å². The van der Waals surface area contributed by atoms with Gasteiger partial charge in [0.1, 0.15) is 0 Å².